The van der Waals surface area contributed by atoms with Crippen LogP contribution in [-0.4, -0.2) is 59.2 Å². The first-order chi connectivity index (χ1) is 19.4. The number of piperidine rings is 1. The molecule has 2 aliphatic rings. The monoisotopic (exact) mass is 548 g/mol. The van der Waals surface area contributed by atoms with Crippen LogP contribution >= 0.6 is 0 Å². The van der Waals surface area contributed by atoms with Gasteiger partial charge in [-0.1, -0.05) is 86.7 Å². The first-order valence-corrected chi connectivity index (χ1v) is 14.9. The summed E-state index contributed by atoms with van der Waals surface area (Å²) < 4.78 is 5.59. The van der Waals surface area contributed by atoms with Gasteiger partial charge >= 0.3 is 12.1 Å². The Kier molecular flexibility index (Phi) is 13.2. The highest BCUT2D eigenvalue weighted by molar-refractivity contribution is 5.70. The number of rotatable bonds is 11. The Morgan fingerprint density at radius 3 is 2.15 bits per heavy atom. The molecule has 218 valence electrons. The molecule has 0 aromatic heterocycles. The summed E-state index contributed by atoms with van der Waals surface area (Å²) >= 11 is 0. The molecule has 6 heteroatoms. The number of carbonyl (C=O) groups excluding carboxylic acids is 1. The van der Waals surface area contributed by atoms with Crippen molar-refractivity contribution in [3.8, 4) is 0 Å². The van der Waals surface area contributed by atoms with Gasteiger partial charge in [0.1, 0.15) is 6.61 Å². The van der Waals surface area contributed by atoms with Gasteiger partial charge in [-0.25, -0.2) is 4.79 Å². The van der Waals surface area contributed by atoms with E-state index in [0.717, 1.165) is 63.7 Å². The van der Waals surface area contributed by atoms with E-state index in [-0.39, 0.29) is 24.7 Å². The van der Waals surface area contributed by atoms with Crippen LogP contribution in [0.3, 0.4) is 0 Å². The van der Waals surface area contributed by atoms with Crippen molar-refractivity contribution in [2.75, 3.05) is 26.2 Å². The number of amides is 1. The number of likely N-dealkylation sites (tertiary alicyclic amines) is 1. The fourth-order valence-electron chi connectivity index (χ4n) is 6.13. The summed E-state index contributed by atoms with van der Waals surface area (Å²) in [5.41, 5.74) is 0.984. The van der Waals surface area contributed by atoms with Crippen LogP contribution in [-0.2, 0) is 16.1 Å². The van der Waals surface area contributed by atoms with Crippen molar-refractivity contribution in [3.05, 3.63) is 84.9 Å². The molecule has 3 atom stereocenters. The zero-order valence-corrected chi connectivity index (χ0v) is 24.4. The van der Waals surface area contributed by atoms with Gasteiger partial charge in [0.05, 0.1) is 5.92 Å². The molecule has 3 unspecified atom stereocenters. The molecule has 1 N–H and O–H groups in total. The number of carboxylic acid groups (broad SMARTS) is 1. The lowest BCUT2D eigenvalue weighted by Gasteiger charge is -2.38. The van der Waals surface area contributed by atoms with E-state index in [0.29, 0.717) is 24.3 Å². The molecular formula is C34H48N2O4. The summed E-state index contributed by atoms with van der Waals surface area (Å²) in [4.78, 5) is 28.9. The normalized spacial score (nSPS) is 20.3. The molecule has 0 radical (unpaired) electrons. The summed E-state index contributed by atoms with van der Waals surface area (Å²) in [5.74, 6) is 0.476. The number of hydrogen-bond acceptors (Lipinski definition) is 4. The van der Waals surface area contributed by atoms with Crippen molar-refractivity contribution >= 4 is 12.1 Å². The molecular weight excluding hydrogens is 500 g/mol. The second kappa shape index (κ2) is 16.9. The molecule has 1 aliphatic heterocycles. The van der Waals surface area contributed by atoms with Crippen LogP contribution in [0.4, 0.5) is 4.79 Å². The number of nitrogens with zero attached hydrogens (tertiary/aromatic N) is 2. The molecule has 4 rings (SSSR count). The van der Waals surface area contributed by atoms with Crippen LogP contribution in [0.2, 0.25) is 0 Å². The lowest BCUT2D eigenvalue weighted by Crippen LogP contribution is -2.48. The molecule has 2 fully saturated rings. The molecule has 0 spiro atoms. The van der Waals surface area contributed by atoms with E-state index in [1.807, 2.05) is 71.6 Å². The van der Waals surface area contributed by atoms with E-state index in [1.54, 1.807) is 6.08 Å². The Labute approximate surface area is 241 Å². The summed E-state index contributed by atoms with van der Waals surface area (Å²) in [6, 6.07) is 21.9. The molecule has 1 heterocycles. The van der Waals surface area contributed by atoms with E-state index < -0.39 is 5.97 Å². The second-order valence-corrected chi connectivity index (χ2v) is 11.7. The largest absolute Gasteiger partial charge is 0.481 e. The Morgan fingerprint density at radius 2 is 1.60 bits per heavy atom. The van der Waals surface area contributed by atoms with E-state index >= 15 is 0 Å². The quantitative estimate of drug-likeness (QED) is 0.303. The number of carbonyl (C=O) groups is 2. The first-order valence-electron chi connectivity index (χ1n) is 14.9. The zero-order valence-electron chi connectivity index (χ0n) is 24.4. The Hall–Kier alpha value is -3.12. The van der Waals surface area contributed by atoms with E-state index in [2.05, 4.69) is 25.3 Å². The van der Waals surface area contributed by atoms with Gasteiger partial charge in [0.2, 0.25) is 0 Å². The van der Waals surface area contributed by atoms with Gasteiger partial charge in [-0.2, -0.15) is 0 Å². The predicted octanol–water partition coefficient (Wildman–Crippen LogP) is 7.13. The summed E-state index contributed by atoms with van der Waals surface area (Å²) in [6.07, 6.45) is 7.31. The summed E-state index contributed by atoms with van der Waals surface area (Å²) in [7, 11) is 0. The molecule has 1 aliphatic carbocycles. The second-order valence-electron chi connectivity index (χ2n) is 11.7. The van der Waals surface area contributed by atoms with Crippen LogP contribution in [0.15, 0.2) is 79.4 Å². The highest BCUT2D eigenvalue weighted by Crippen LogP contribution is 2.39. The van der Waals surface area contributed by atoms with Gasteiger partial charge < -0.3 is 19.6 Å². The minimum absolute atomic E-state index is 0.163. The molecule has 1 saturated heterocycles. The van der Waals surface area contributed by atoms with E-state index in [1.165, 1.54) is 0 Å². The topological polar surface area (TPSA) is 70.1 Å². The lowest BCUT2D eigenvalue weighted by atomic mass is 9.84. The van der Waals surface area contributed by atoms with Gasteiger partial charge in [0.15, 0.2) is 0 Å². The number of aliphatic carboxylic acids is 1. The van der Waals surface area contributed by atoms with Crippen molar-refractivity contribution in [3.63, 3.8) is 0 Å². The van der Waals surface area contributed by atoms with Crippen molar-refractivity contribution in [2.24, 2.45) is 23.7 Å². The predicted molar refractivity (Wildman–Crippen MR) is 161 cm³/mol. The molecule has 1 amide bonds. The minimum atomic E-state index is -0.623. The third kappa shape index (κ3) is 10.5. The molecule has 2 aromatic rings. The molecule has 40 heavy (non-hydrogen) atoms. The highest BCUT2D eigenvalue weighted by atomic mass is 16.6. The van der Waals surface area contributed by atoms with Crippen molar-refractivity contribution in [1.82, 2.24) is 9.80 Å². The van der Waals surface area contributed by atoms with E-state index in [9.17, 15) is 14.7 Å². The Bertz CT molecular complexity index is 978. The average Bonchev–Trinajstić information content (AvgIpc) is 3.43. The maximum atomic E-state index is 12.8. The summed E-state index contributed by atoms with van der Waals surface area (Å²) in [6.45, 7) is 11.8. The van der Waals surface area contributed by atoms with Crippen LogP contribution < -0.4 is 0 Å². The van der Waals surface area contributed by atoms with Gasteiger partial charge in [0, 0.05) is 32.2 Å². The third-order valence-corrected chi connectivity index (χ3v) is 8.14. The highest BCUT2D eigenvalue weighted by Gasteiger charge is 2.36. The van der Waals surface area contributed by atoms with Crippen LogP contribution in [0, 0.1) is 23.7 Å². The number of ether oxygens (including phenoxy) is 1. The van der Waals surface area contributed by atoms with Crippen molar-refractivity contribution < 1.29 is 19.4 Å². The van der Waals surface area contributed by atoms with Gasteiger partial charge in [0.25, 0.3) is 0 Å². The number of benzene rings is 2. The maximum Gasteiger partial charge on any atom is 0.410 e. The van der Waals surface area contributed by atoms with Gasteiger partial charge in [-0.3, -0.25) is 4.79 Å². The first kappa shape index (κ1) is 31.4. The smallest absolute Gasteiger partial charge is 0.410 e. The maximum absolute atomic E-state index is 12.8. The van der Waals surface area contributed by atoms with Crippen molar-refractivity contribution in [1.29, 1.82) is 0 Å². The van der Waals surface area contributed by atoms with E-state index in [4.69, 9.17) is 4.74 Å². The minimum Gasteiger partial charge on any atom is -0.481 e. The third-order valence-electron chi connectivity index (χ3n) is 8.14. The number of hydrogen-bond donors (Lipinski definition) is 1. The summed E-state index contributed by atoms with van der Waals surface area (Å²) in [5, 5.41) is 9.70. The average molecular weight is 549 g/mol. The molecule has 2 aromatic carbocycles. The van der Waals surface area contributed by atoms with Gasteiger partial charge in [-0.15, -0.1) is 6.58 Å². The number of carboxylic acids is 1. The molecule has 1 saturated carbocycles. The van der Waals surface area contributed by atoms with Gasteiger partial charge in [-0.05, 0) is 61.8 Å². The Morgan fingerprint density at radius 1 is 1.00 bits per heavy atom. The zero-order chi connectivity index (χ0) is 28.7. The standard InChI is InChI=1S/C28H42N2O4.C6H6/c1-4-14-30(28(33)34-20-22-8-6-5-7-9-22)25-12-15-29(16-13-25)19-23-10-11-24(18-23)26(27(31)32)17-21(2)3;1-2-4-6-5-3-1/h4-9,21,23-26H,1,10-20H2,2-3H3,(H,31,32);1-6H. The fourth-order valence-corrected chi connectivity index (χ4v) is 6.13. The Balaban J connectivity index is 0.000000649. The van der Waals surface area contributed by atoms with Crippen LogP contribution in [0.1, 0.15) is 57.9 Å². The van der Waals surface area contributed by atoms with Crippen molar-refractivity contribution in [2.45, 2.75) is 65.0 Å². The molecule has 0 bridgehead atoms. The fraction of sp³-hybridized carbons (Fsp3) is 0.529. The van der Waals surface area contributed by atoms with Crippen LogP contribution in [0.5, 0.6) is 0 Å². The SMILES string of the molecule is C=CCN(C(=O)OCc1ccccc1)C1CCN(CC2CCC(C(CC(C)C)C(=O)O)C2)CC1.c1ccccc1. The van der Waals surface area contributed by atoms with Crippen LogP contribution in [0.25, 0.3) is 0 Å². The molecule has 6 nitrogen and oxygen atoms in total. The lowest BCUT2D eigenvalue weighted by molar-refractivity contribution is -0.144.